The highest BCUT2D eigenvalue weighted by Crippen LogP contribution is 2.18. The molecule has 0 radical (unpaired) electrons. The molecule has 1 N–H and O–H groups in total. The van der Waals surface area contributed by atoms with Gasteiger partial charge in [0, 0.05) is 18.7 Å². The Balaban J connectivity index is 1.78. The van der Waals surface area contributed by atoms with Gasteiger partial charge in [0.1, 0.15) is 0 Å². The minimum absolute atomic E-state index is 0.251. The number of aromatic nitrogens is 2. The molecule has 0 aliphatic carbocycles. The van der Waals surface area contributed by atoms with Crippen LogP contribution in [0, 0.1) is 4.84 Å². The van der Waals surface area contributed by atoms with Gasteiger partial charge in [-0.05, 0) is 37.2 Å². The number of hydrogen-bond acceptors (Lipinski definition) is 5. The molecule has 1 aromatic carbocycles. The molecule has 0 amide bonds. The molecule has 0 saturated carbocycles. The highest BCUT2D eigenvalue weighted by atomic mass is 32.1. The average Bonchev–Trinajstić information content (AvgIpc) is 2.81. The molecule has 0 spiro atoms. The lowest BCUT2D eigenvalue weighted by Crippen LogP contribution is -2.39. The van der Waals surface area contributed by atoms with Crippen LogP contribution in [0.5, 0.6) is 0 Å². The van der Waals surface area contributed by atoms with Crippen molar-refractivity contribution in [3.63, 3.8) is 0 Å². The van der Waals surface area contributed by atoms with Crippen LogP contribution < -0.4 is 0 Å². The summed E-state index contributed by atoms with van der Waals surface area (Å²) in [6.07, 6.45) is 1.62. The Kier molecular flexibility index (Phi) is 3.95. The number of aliphatic hydroxyl groups excluding tert-OH is 1. The number of piperidine rings is 1. The fraction of sp³-hybridized carbons (Fsp3) is 0.429. The van der Waals surface area contributed by atoms with Crippen molar-refractivity contribution in [2.45, 2.75) is 25.6 Å². The van der Waals surface area contributed by atoms with E-state index in [1.807, 2.05) is 30.3 Å². The topological polar surface area (TPSA) is 54.4 Å². The maximum absolute atomic E-state index is 9.69. The lowest BCUT2D eigenvalue weighted by atomic mass is 10.1. The van der Waals surface area contributed by atoms with E-state index in [0.29, 0.717) is 23.9 Å². The van der Waals surface area contributed by atoms with Crippen LogP contribution >= 0.6 is 12.2 Å². The summed E-state index contributed by atoms with van der Waals surface area (Å²) in [6.45, 7) is 2.17. The molecular formula is C14H17N3O2S. The van der Waals surface area contributed by atoms with E-state index in [1.165, 1.54) is 0 Å². The minimum Gasteiger partial charge on any atom is -0.409 e. The van der Waals surface area contributed by atoms with Gasteiger partial charge in [0.25, 0.3) is 4.84 Å². The summed E-state index contributed by atoms with van der Waals surface area (Å²) in [5, 5.41) is 14.1. The zero-order valence-electron chi connectivity index (χ0n) is 11.1. The monoisotopic (exact) mass is 291 g/mol. The number of aliphatic hydroxyl groups is 1. The van der Waals surface area contributed by atoms with Crippen molar-refractivity contribution in [2.24, 2.45) is 0 Å². The molecule has 20 heavy (non-hydrogen) atoms. The van der Waals surface area contributed by atoms with Crippen LogP contribution in [-0.4, -0.2) is 39.0 Å². The molecular weight excluding hydrogens is 274 g/mol. The SMILES string of the molecule is O[C@@H]1CCCN(Cn2nc(-c3ccccc3)oc2=S)C1. The van der Waals surface area contributed by atoms with E-state index in [0.717, 1.165) is 24.9 Å². The fourth-order valence-corrected chi connectivity index (χ4v) is 2.62. The van der Waals surface area contributed by atoms with Crippen molar-refractivity contribution in [3.05, 3.63) is 35.2 Å². The molecule has 6 heteroatoms. The van der Waals surface area contributed by atoms with E-state index in [4.69, 9.17) is 16.6 Å². The van der Waals surface area contributed by atoms with Crippen molar-refractivity contribution in [3.8, 4) is 11.5 Å². The van der Waals surface area contributed by atoms with Gasteiger partial charge < -0.3 is 9.52 Å². The molecule has 1 aliphatic rings. The van der Waals surface area contributed by atoms with Gasteiger partial charge in [0.15, 0.2) is 0 Å². The molecule has 1 aromatic heterocycles. The normalized spacial score (nSPS) is 20.1. The van der Waals surface area contributed by atoms with Crippen molar-refractivity contribution >= 4 is 12.2 Å². The Morgan fingerprint density at radius 3 is 2.90 bits per heavy atom. The Labute approximate surface area is 122 Å². The van der Waals surface area contributed by atoms with Crippen LogP contribution in [0.25, 0.3) is 11.5 Å². The number of β-amino-alcohol motifs (C(OH)–C–C–N with tert-alkyl or cyclic N) is 1. The number of rotatable bonds is 3. The number of benzene rings is 1. The van der Waals surface area contributed by atoms with Crippen molar-refractivity contribution in [1.29, 1.82) is 0 Å². The van der Waals surface area contributed by atoms with Crippen LogP contribution in [0.2, 0.25) is 0 Å². The molecule has 1 atom stereocenters. The summed E-state index contributed by atoms with van der Waals surface area (Å²) in [4.78, 5) is 2.50. The van der Waals surface area contributed by atoms with E-state index in [9.17, 15) is 5.11 Å². The summed E-state index contributed by atoms with van der Waals surface area (Å²) in [5.41, 5.74) is 0.913. The highest BCUT2D eigenvalue weighted by Gasteiger charge is 2.19. The first-order valence-electron chi connectivity index (χ1n) is 6.76. The average molecular weight is 291 g/mol. The van der Waals surface area contributed by atoms with Gasteiger partial charge >= 0.3 is 0 Å². The number of nitrogens with zero attached hydrogens (tertiary/aromatic N) is 3. The third-order valence-corrected chi connectivity index (χ3v) is 3.74. The van der Waals surface area contributed by atoms with Crippen LogP contribution in [-0.2, 0) is 6.67 Å². The Morgan fingerprint density at radius 1 is 1.35 bits per heavy atom. The van der Waals surface area contributed by atoms with E-state index in [-0.39, 0.29) is 6.10 Å². The van der Waals surface area contributed by atoms with Gasteiger partial charge in [0.2, 0.25) is 5.89 Å². The number of hydrogen-bond donors (Lipinski definition) is 1. The first-order chi connectivity index (χ1) is 9.72. The molecule has 2 aromatic rings. The number of likely N-dealkylation sites (tertiary alicyclic amines) is 1. The second-order valence-corrected chi connectivity index (χ2v) is 5.40. The first-order valence-corrected chi connectivity index (χ1v) is 7.17. The predicted octanol–water partition coefficient (Wildman–Crippen LogP) is 2.29. The zero-order chi connectivity index (χ0) is 13.9. The van der Waals surface area contributed by atoms with Crippen LogP contribution in [0.3, 0.4) is 0 Å². The van der Waals surface area contributed by atoms with E-state index >= 15 is 0 Å². The molecule has 106 valence electrons. The molecule has 3 rings (SSSR count). The minimum atomic E-state index is -0.251. The van der Waals surface area contributed by atoms with Crippen molar-refractivity contribution in [2.75, 3.05) is 13.1 Å². The third-order valence-electron chi connectivity index (χ3n) is 3.44. The second-order valence-electron chi connectivity index (χ2n) is 5.05. The van der Waals surface area contributed by atoms with Gasteiger partial charge in [-0.1, -0.05) is 18.2 Å². The van der Waals surface area contributed by atoms with E-state index in [2.05, 4.69) is 10.00 Å². The summed E-state index contributed by atoms with van der Waals surface area (Å²) in [5.74, 6) is 0.535. The molecule has 5 nitrogen and oxygen atoms in total. The Hall–Kier alpha value is -1.50. The summed E-state index contributed by atoms with van der Waals surface area (Å²) in [6, 6.07) is 9.71. The van der Waals surface area contributed by atoms with Crippen LogP contribution in [0.1, 0.15) is 12.8 Å². The fourth-order valence-electron chi connectivity index (χ4n) is 2.44. The van der Waals surface area contributed by atoms with Gasteiger partial charge in [0.05, 0.1) is 12.8 Å². The summed E-state index contributed by atoms with van der Waals surface area (Å²) < 4.78 is 7.22. The van der Waals surface area contributed by atoms with Gasteiger partial charge in [-0.25, -0.2) is 4.68 Å². The zero-order valence-corrected chi connectivity index (χ0v) is 11.9. The smallest absolute Gasteiger partial charge is 0.288 e. The molecule has 0 unspecified atom stereocenters. The lowest BCUT2D eigenvalue weighted by molar-refractivity contribution is 0.0509. The standard InChI is InChI=1S/C14H17N3O2S/c18-12-7-4-8-16(9-12)10-17-14(20)19-13(15-17)11-5-2-1-3-6-11/h1-3,5-6,12,18H,4,7-10H2/t12-/m1/s1. The Bertz CT molecular complexity index is 623. The highest BCUT2D eigenvalue weighted by molar-refractivity contribution is 7.71. The molecule has 2 heterocycles. The van der Waals surface area contributed by atoms with Crippen molar-refractivity contribution in [1.82, 2.24) is 14.7 Å². The summed E-state index contributed by atoms with van der Waals surface area (Å²) in [7, 11) is 0. The van der Waals surface area contributed by atoms with Gasteiger partial charge in [-0.15, -0.1) is 5.10 Å². The molecule has 0 bridgehead atoms. The maximum atomic E-state index is 9.69. The molecule has 1 saturated heterocycles. The van der Waals surface area contributed by atoms with Crippen molar-refractivity contribution < 1.29 is 9.52 Å². The maximum Gasteiger partial charge on any atom is 0.288 e. The Morgan fingerprint density at radius 2 is 2.15 bits per heavy atom. The van der Waals surface area contributed by atoms with E-state index in [1.54, 1.807) is 4.68 Å². The largest absolute Gasteiger partial charge is 0.409 e. The second kappa shape index (κ2) is 5.87. The van der Waals surface area contributed by atoms with Gasteiger partial charge in [-0.3, -0.25) is 4.90 Å². The predicted molar refractivity (Wildman–Crippen MR) is 77.6 cm³/mol. The first kappa shape index (κ1) is 13.5. The molecule has 1 fully saturated rings. The summed E-state index contributed by atoms with van der Waals surface area (Å²) >= 11 is 5.22. The quantitative estimate of drug-likeness (QED) is 0.879. The van der Waals surface area contributed by atoms with Crippen LogP contribution in [0.4, 0.5) is 0 Å². The lowest BCUT2D eigenvalue weighted by Gasteiger charge is -2.29. The van der Waals surface area contributed by atoms with Gasteiger partial charge in [-0.2, -0.15) is 0 Å². The van der Waals surface area contributed by atoms with E-state index < -0.39 is 0 Å². The molecule has 1 aliphatic heterocycles. The van der Waals surface area contributed by atoms with Crippen LogP contribution in [0.15, 0.2) is 34.7 Å². The third kappa shape index (κ3) is 2.98.